The number of nitrogens with one attached hydrogen (secondary N) is 1. The first-order chi connectivity index (χ1) is 17.0. The molecule has 1 amide bonds. The van der Waals surface area contributed by atoms with Gasteiger partial charge in [0, 0.05) is 18.7 Å². The molecule has 1 aromatic heterocycles. The van der Waals surface area contributed by atoms with Crippen molar-refractivity contribution in [2.45, 2.75) is 32.4 Å². The van der Waals surface area contributed by atoms with Crippen LogP contribution < -0.4 is 24.8 Å². The van der Waals surface area contributed by atoms with Gasteiger partial charge in [0.05, 0.1) is 30.4 Å². The maximum absolute atomic E-state index is 13.4. The molecule has 35 heavy (non-hydrogen) atoms. The Bertz CT molecular complexity index is 1400. The molecular weight excluding hydrogens is 468 g/mol. The number of thiazole rings is 1. The normalized spacial score (nSPS) is 16.6. The Morgan fingerprint density at radius 2 is 2.09 bits per heavy atom. The summed E-state index contributed by atoms with van der Waals surface area (Å²) in [6.07, 6.45) is 4.86. The molecule has 2 aromatic carbocycles. The zero-order chi connectivity index (χ0) is 24.8. The third kappa shape index (κ3) is 5.80. The van der Waals surface area contributed by atoms with E-state index >= 15 is 0 Å². The van der Waals surface area contributed by atoms with Crippen LogP contribution >= 0.6 is 11.3 Å². The molecule has 1 N–H and O–H groups in total. The molecular formula is C26H28N2O6S. The van der Waals surface area contributed by atoms with Crippen molar-refractivity contribution in [2.24, 2.45) is 0 Å². The highest BCUT2D eigenvalue weighted by atomic mass is 32.1. The smallest absolute Gasteiger partial charge is 0.333 e. The minimum Gasteiger partial charge on any atom is -0.496 e. The van der Waals surface area contributed by atoms with E-state index in [2.05, 4.69) is 5.32 Å². The van der Waals surface area contributed by atoms with E-state index in [-0.39, 0.29) is 30.7 Å². The van der Waals surface area contributed by atoms with Gasteiger partial charge in [0.15, 0.2) is 0 Å². The zero-order valence-corrected chi connectivity index (χ0v) is 20.6. The standard InChI is InChI=1S/C26H28N2O6S/c1-3-33-25(30)14-24-28(16-23(29)27-15-18-8-6-12-34-18)26(31)22(35-24)13-20-19-9-5-4-7-17(19)10-11-21(20)32-2/h4-5,7,9-11,13-14,18H,3,6,8,12,15-16H2,1-2H3,(H,27,29)/b22-13-,24-14-. The second-order valence-corrected chi connectivity index (χ2v) is 9.14. The molecule has 1 atom stereocenters. The number of nitrogens with zero attached hydrogens (tertiary/aromatic N) is 1. The van der Waals surface area contributed by atoms with Gasteiger partial charge in [0.25, 0.3) is 5.56 Å². The number of amides is 1. The van der Waals surface area contributed by atoms with Crippen LogP contribution in [0.25, 0.3) is 22.9 Å². The van der Waals surface area contributed by atoms with Gasteiger partial charge >= 0.3 is 5.97 Å². The first kappa shape index (κ1) is 24.7. The summed E-state index contributed by atoms with van der Waals surface area (Å²) in [5, 5.41) is 4.76. The molecule has 0 spiro atoms. The summed E-state index contributed by atoms with van der Waals surface area (Å²) in [6, 6.07) is 11.6. The predicted molar refractivity (Wildman–Crippen MR) is 135 cm³/mol. The first-order valence-corrected chi connectivity index (χ1v) is 12.4. The van der Waals surface area contributed by atoms with Crippen LogP contribution in [0.2, 0.25) is 0 Å². The summed E-state index contributed by atoms with van der Waals surface area (Å²) in [5.74, 6) is -0.280. The van der Waals surface area contributed by atoms with Gasteiger partial charge in [-0.25, -0.2) is 4.79 Å². The van der Waals surface area contributed by atoms with Crippen LogP contribution in [0.3, 0.4) is 0 Å². The Balaban J connectivity index is 1.76. The molecule has 184 valence electrons. The van der Waals surface area contributed by atoms with Crippen molar-refractivity contribution in [3.63, 3.8) is 0 Å². The fourth-order valence-corrected chi connectivity index (χ4v) is 5.06. The third-order valence-electron chi connectivity index (χ3n) is 5.74. The van der Waals surface area contributed by atoms with Crippen LogP contribution in [0.15, 0.2) is 41.2 Å². The number of methoxy groups -OCH3 is 1. The molecule has 1 saturated heterocycles. The molecule has 0 saturated carbocycles. The summed E-state index contributed by atoms with van der Waals surface area (Å²) >= 11 is 1.13. The van der Waals surface area contributed by atoms with Gasteiger partial charge in [-0.15, -0.1) is 11.3 Å². The minimum absolute atomic E-state index is 0.00793. The molecule has 0 radical (unpaired) electrons. The van der Waals surface area contributed by atoms with Crippen molar-refractivity contribution in [1.29, 1.82) is 0 Å². The lowest BCUT2D eigenvalue weighted by Crippen LogP contribution is -2.40. The van der Waals surface area contributed by atoms with Crippen LogP contribution in [0.4, 0.5) is 0 Å². The summed E-state index contributed by atoms with van der Waals surface area (Å²) in [5.41, 5.74) is 0.384. The van der Waals surface area contributed by atoms with Gasteiger partial charge < -0.3 is 19.5 Å². The fourth-order valence-electron chi connectivity index (χ4n) is 4.04. The highest BCUT2D eigenvalue weighted by molar-refractivity contribution is 7.07. The fraction of sp³-hybridized carbons (Fsp3) is 0.346. The average Bonchev–Trinajstić information content (AvgIpc) is 3.47. The molecule has 2 heterocycles. The van der Waals surface area contributed by atoms with Crippen LogP contribution in [-0.2, 0) is 25.6 Å². The minimum atomic E-state index is -0.573. The largest absolute Gasteiger partial charge is 0.496 e. The Morgan fingerprint density at radius 3 is 2.83 bits per heavy atom. The van der Waals surface area contributed by atoms with Gasteiger partial charge in [0.1, 0.15) is 17.0 Å². The van der Waals surface area contributed by atoms with Crippen LogP contribution in [0.5, 0.6) is 5.75 Å². The van der Waals surface area contributed by atoms with E-state index in [0.29, 0.717) is 28.1 Å². The monoisotopic (exact) mass is 496 g/mol. The molecule has 3 aromatic rings. The van der Waals surface area contributed by atoms with Gasteiger partial charge in [-0.05, 0) is 42.7 Å². The number of carbonyl (C=O) groups is 2. The van der Waals surface area contributed by atoms with E-state index in [1.165, 1.54) is 10.6 Å². The second kappa shape index (κ2) is 11.3. The average molecular weight is 497 g/mol. The SMILES string of the molecule is CCOC(=O)/C=c1\s/c(=C\c2c(OC)ccc3ccccc23)c(=O)n1CC(=O)NCC1CCCO1. The zero-order valence-electron chi connectivity index (χ0n) is 19.7. The highest BCUT2D eigenvalue weighted by Crippen LogP contribution is 2.28. The Kier molecular flexibility index (Phi) is 7.99. The summed E-state index contributed by atoms with van der Waals surface area (Å²) in [6.45, 7) is 2.78. The van der Waals surface area contributed by atoms with Crippen LogP contribution in [-0.4, -0.2) is 49.4 Å². The van der Waals surface area contributed by atoms with Gasteiger partial charge in [-0.3, -0.25) is 14.2 Å². The molecule has 9 heteroatoms. The Hall–Kier alpha value is -3.43. The number of hydrogen-bond donors (Lipinski definition) is 1. The van der Waals surface area contributed by atoms with Crippen molar-refractivity contribution < 1.29 is 23.8 Å². The number of aromatic nitrogens is 1. The lowest BCUT2D eigenvalue weighted by molar-refractivity contribution is -0.135. The van der Waals surface area contributed by atoms with E-state index < -0.39 is 5.97 Å². The van der Waals surface area contributed by atoms with Gasteiger partial charge in [0.2, 0.25) is 5.91 Å². The maximum Gasteiger partial charge on any atom is 0.333 e. The number of carbonyl (C=O) groups excluding carboxylic acids is 2. The molecule has 1 unspecified atom stereocenters. The second-order valence-electron chi connectivity index (χ2n) is 8.08. The number of esters is 1. The molecule has 4 rings (SSSR count). The van der Waals surface area contributed by atoms with Crippen LogP contribution in [0, 0.1) is 0 Å². The molecule has 1 aliphatic heterocycles. The quantitative estimate of drug-likeness (QED) is 0.476. The van der Waals surface area contributed by atoms with E-state index in [1.54, 1.807) is 20.1 Å². The van der Waals surface area contributed by atoms with Crippen molar-refractivity contribution in [3.8, 4) is 5.75 Å². The molecule has 0 aliphatic carbocycles. The lowest BCUT2D eigenvalue weighted by Gasteiger charge is -2.10. The van der Waals surface area contributed by atoms with E-state index in [4.69, 9.17) is 14.2 Å². The summed E-state index contributed by atoms with van der Waals surface area (Å²) < 4.78 is 18.1. The van der Waals surface area contributed by atoms with Crippen molar-refractivity contribution in [1.82, 2.24) is 9.88 Å². The van der Waals surface area contributed by atoms with Crippen molar-refractivity contribution in [3.05, 3.63) is 61.5 Å². The number of rotatable bonds is 8. The van der Waals surface area contributed by atoms with E-state index in [9.17, 15) is 14.4 Å². The topological polar surface area (TPSA) is 95.9 Å². The van der Waals surface area contributed by atoms with E-state index in [0.717, 1.165) is 40.5 Å². The van der Waals surface area contributed by atoms with Gasteiger partial charge in [-0.2, -0.15) is 0 Å². The molecule has 8 nitrogen and oxygen atoms in total. The lowest BCUT2D eigenvalue weighted by atomic mass is 10.0. The number of hydrogen-bond acceptors (Lipinski definition) is 7. The Morgan fingerprint density at radius 1 is 1.26 bits per heavy atom. The van der Waals surface area contributed by atoms with Gasteiger partial charge in [-0.1, -0.05) is 30.3 Å². The summed E-state index contributed by atoms with van der Waals surface area (Å²) in [4.78, 5) is 38.2. The summed E-state index contributed by atoms with van der Waals surface area (Å²) in [7, 11) is 1.58. The Labute approximate surface area is 206 Å². The van der Waals surface area contributed by atoms with Crippen LogP contribution in [0.1, 0.15) is 25.3 Å². The van der Waals surface area contributed by atoms with Crippen molar-refractivity contribution in [2.75, 3.05) is 26.9 Å². The molecule has 1 fully saturated rings. The third-order valence-corrected chi connectivity index (χ3v) is 6.80. The molecule has 0 bridgehead atoms. The van der Waals surface area contributed by atoms with Crippen molar-refractivity contribution >= 4 is 46.1 Å². The first-order valence-electron chi connectivity index (χ1n) is 11.5. The maximum atomic E-state index is 13.4. The number of benzene rings is 2. The molecule has 1 aliphatic rings. The predicted octanol–water partition coefficient (Wildman–Crippen LogP) is 1.54. The highest BCUT2D eigenvalue weighted by Gasteiger charge is 2.17. The number of fused-ring (bicyclic) bond motifs is 1. The number of ether oxygens (including phenoxy) is 3. The van der Waals surface area contributed by atoms with E-state index in [1.807, 2.05) is 36.4 Å².